The molecule has 6 aliphatic heterocycles. The van der Waals surface area contributed by atoms with Crippen molar-refractivity contribution in [2.45, 2.75) is 198 Å². The van der Waals surface area contributed by atoms with E-state index in [1.165, 1.54) is 0 Å². The van der Waals surface area contributed by atoms with Crippen molar-refractivity contribution in [2.75, 3.05) is 39.6 Å². The number of nitrogens with one attached hydrogen (secondary N) is 2. The molecule has 33 heteroatoms. The average Bonchev–Trinajstić information content (AvgIpc) is 3.36. The maximum atomic E-state index is 12.4. The van der Waals surface area contributed by atoms with Crippen LogP contribution < -0.4 is 10.6 Å². The molecule has 2 amide bonds. The van der Waals surface area contributed by atoms with E-state index in [1.54, 1.807) is 0 Å². The Morgan fingerprint density at radius 3 is 1.07 bits per heavy atom. The first kappa shape index (κ1) is 60.0. The van der Waals surface area contributed by atoms with Gasteiger partial charge in [-0.25, -0.2) is 0 Å². The van der Waals surface area contributed by atoms with Gasteiger partial charge in [0.2, 0.25) is 11.8 Å². The Labute approximate surface area is 413 Å². The van der Waals surface area contributed by atoms with E-state index < -0.39 is 236 Å². The summed E-state index contributed by atoms with van der Waals surface area (Å²) in [5.41, 5.74) is 0. The molecule has 0 aromatic rings. The van der Waals surface area contributed by atoms with Gasteiger partial charge in [0.05, 0.1) is 39.6 Å². The van der Waals surface area contributed by atoms with Gasteiger partial charge in [-0.15, -0.1) is 0 Å². The number of rotatable bonds is 18. The van der Waals surface area contributed by atoms with Gasteiger partial charge in [0.25, 0.3) is 0 Å². The van der Waals surface area contributed by atoms with Crippen LogP contribution in [-0.2, 0) is 61.7 Å². The van der Waals surface area contributed by atoms with Crippen molar-refractivity contribution < 1.29 is 154 Å². The fourth-order valence-corrected chi connectivity index (χ4v) is 9.32. The molecule has 0 spiro atoms. The van der Waals surface area contributed by atoms with Gasteiger partial charge in [-0.3, -0.25) is 9.59 Å². The molecular formula is C40H68N2O31. The highest BCUT2D eigenvalue weighted by molar-refractivity contribution is 5.73. The smallest absolute Gasteiger partial charge is 0.217 e. The maximum Gasteiger partial charge on any atom is 0.217 e. The van der Waals surface area contributed by atoms with Gasteiger partial charge in [-0.05, 0) is 0 Å². The Hall–Kier alpha value is -2.22. The minimum Gasteiger partial charge on any atom is -0.394 e. The summed E-state index contributed by atoms with van der Waals surface area (Å²) in [5.74, 6) is -1.51. The lowest BCUT2D eigenvalue weighted by molar-refractivity contribution is -0.402. The highest BCUT2D eigenvalue weighted by atomic mass is 16.8. The number of carbonyl (C=O) groups excluding carboxylic acids is 2. The van der Waals surface area contributed by atoms with Crippen molar-refractivity contribution in [3.8, 4) is 0 Å². The molecule has 30 atom stereocenters. The van der Waals surface area contributed by atoms with Crippen LogP contribution in [0.1, 0.15) is 13.8 Å². The van der Waals surface area contributed by atoms with E-state index in [9.17, 15) is 102 Å². The average molecular weight is 1070 g/mol. The summed E-state index contributed by atoms with van der Waals surface area (Å²) in [6, 6.07) is -3.20. The van der Waals surface area contributed by atoms with Gasteiger partial charge in [-0.2, -0.15) is 0 Å². The van der Waals surface area contributed by atoms with Crippen LogP contribution in [-0.4, -0.2) is 327 Å². The predicted octanol–water partition coefficient (Wildman–Crippen LogP) is -13.8. The standard InChI is InChI=1S/C40H68N2O31/c1-9(49)41-17-21(53)30(13(5-45)63-35(17)62)69-36-18(42-10(2)50)22(54)31(14(6-46)66-36)70-39-28(60)25(57)32(15(7-47)67-39)71-40-29(61)34(73-38-27(59)24(56)20(52)12(4-44)65-38)33(16(8-48)68-40)72-37-26(58)23(55)19(51)11(3-43)64-37/h11-40,43-48,51-62H,3-8H2,1-2H3,(H,41,49)(H,42,50)/t11-,12-,13-,14-,15-,16-,17-,18-,19-,20-,21-,22-,23+,24+,25-,26+,27+,28+,29+,30-,31-,32-,33-,34-,35-,36-,37-,38+,39+,40-/m1/s1. The second-order valence-electron chi connectivity index (χ2n) is 18.2. The van der Waals surface area contributed by atoms with Gasteiger partial charge in [0.1, 0.15) is 146 Å². The number of amides is 2. The molecular weight excluding hydrogens is 1000 g/mol. The lowest BCUT2D eigenvalue weighted by Crippen LogP contribution is -2.70. The molecule has 6 heterocycles. The fraction of sp³-hybridized carbons (Fsp3) is 0.950. The van der Waals surface area contributed by atoms with Crippen molar-refractivity contribution in [1.29, 1.82) is 0 Å². The highest BCUT2D eigenvalue weighted by Gasteiger charge is 2.58. The molecule has 73 heavy (non-hydrogen) atoms. The molecule has 0 unspecified atom stereocenters. The van der Waals surface area contributed by atoms with E-state index in [4.69, 9.17) is 52.1 Å². The molecule has 6 fully saturated rings. The summed E-state index contributed by atoms with van der Waals surface area (Å²) in [4.78, 5) is 24.3. The number of ether oxygens (including phenoxy) is 11. The molecule has 33 nitrogen and oxygen atoms in total. The lowest BCUT2D eigenvalue weighted by Gasteiger charge is -2.51. The zero-order valence-corrected chi connectivity index (χ0v) is 38.9. The molecule has 0 bridgehead atoms. The minimum absolute atomic E-state index is 0.702. The molecule has 0 radical (unpaired) electrons. The van der Waals surface area contributed by atoms with Crippen LogP contribution in [0.4, 0.5) is 0 Å². The zero-order valence-electron chi connectivity index (χ0n) is 38.9. The fourth-order valence-electron chi connectivity index (χ4n) is 9.32. The van der Waals surface area contributed by atoms with Crippen molar-refractivity contribution >= 4 is 11.8 Å². The van der Waals surface area contributed by atoms with Crippen LogP contribution in [0.5, 0.6) is 0 Å². The van der Waals surface area contributed by atoms with E-state index in [-0.39, 0.29) is 0 Å². The zero-order chi connectivity index (χ0) is 53.9. The topological polar surface area (TPSA) is 524 Å². The number of hydrogen-bond donors (Lipinski definition) is 20. The van der Waals surface area contributed by atoms with Crippen LogP contribution in [0.3, 0.4) is 0 Å². The molecule has 20 N–H and O–H groups in total. The van der Waals surface area contributed by atoms with E-state index in [1.807, 2.05) is 0 Å². The quantitative estimate of drug-likeness (QED) is 0.0606. The van der Waals surface area contributed by atoms with Crippen LogP contribution in [0.25, 0.3) is 0 Å². The number of aliphatic hydroxyl groups is 18. The van der Waals surface area contributed by atoms with Crippen LogP contribution in [0, 0.1) is 0 Å². The van der Waals surface area contributed by atoms with E-state index >= 15 is 0 Å². The predicted molar refractivity (Wildman–Crippen MR) is 222 cm³/mol. The maximum absolute atomic E-state index is 12.4. The second kappa shape index (κ2) is 26.0. The summed E-state index contributed by atoms with van der Waals surface area (Å²) in [6.45, 7) is -3.80. The monoisotopic (exact) mass is 1070 g/mol. The van der Waals surface area contributed by atoms with Gasteiger partial charge < -0.3 is 155 Å². The van der Waals surface area contributed by atoms with E-state index in [0.29, 0.717) is 0 Å². The number of hydrogen-bond acceptors (Lipinski definition) is 31. The summed E-state index contributed by atoms with van der Waals surface area (Å²) in [5, 5.41) is 197. The number of carbonyl (C=O) groups is 2. The normalized spacial score (nSPS) is 49.8. The second-order valence-corrected chi connectivity index (χ2v) is 18.2. The molecule has 0 aromatic carbocycles. The minimum atomic E-state index is -2.28. The van der Waals surface area contributed by atoms with Gasteiger partial charge in [0, 0.05) is 13.8 Å². The highest BCUT2D eigenvalue weighted by Crippen LogP contribution is 2.37. The molecule has 0 aromatic heterocycles. The van der Waals surface area contributed by atoms with E-state index in [0.717, 1.165) is 13.8 Å². The first-order chi connectivity index (χ1) is 34.5. The van der Waals surface area contributed by atoms with Gasteiger partial charge >= 0.3 is 0 Å². The SMILES string of the molecule is CC(=O)N[C@@H]1[C@@H](O)[C@H](O[C@H]2O[C@H](CO)[C@@H](O[C@@H]3O[C@H](CO)[C@@H](O[C@H]4O[C@H](CO)[C@@H](O[C@H]5O[C@H](CO)[C@@H](O)[C@H](O)[C@@H]5O)[C@H](O[C@@H]5O[C@H](CO)[C@@H](O)[C@H](O)[C@@H]5O)[C@@H]4O)[C@H](O)[C@@H]3O)[C@H](O)[C@H]2NC(C)=O)[C@@H](CO)O[C@H]1O. The molecule has 0 aliphatic carbocycles. The van der Waals surface area contributed by atoms with E-state index in [2.05, 4.69) is 10.6 Å². The Morgan fingerprint density at radius 2 is 0.630 bits per heavy atom. The van der Waals surface area contributed by atoms with Crippen LogP contribution in [0.2, 0.25) is 0 Å². The molecule has 6 aliphatic rings. The molecule has 424 valence electrons. The third kappa shape index (κ3) is 12.9. The lowest BCUT2D eigenvalue weighted by atomic mass is 9.94. The third-order valence-electron chi connectivity index (χ3n) is 13.2. The Morgan fingerprint density at radius 1 is 0.329 bits per heavy atom. The first-order valence-electron chi connectivity index (χ1n) is 23.1. The third-order valence-corrected chi connectivity index (χ3v) is 13.2. The summed E-state index contributed by atoms with van der Waals surface area (Å²) < 4.78 is 62.9. The van der Waals surface area contributed by atoms with Crippen molar-refractivity contribution in [2.24, 2.45) is 0 Å². The van der Waals surface area contributed by atoms with Gasteiger partial charge in [0.15, 0.2) is 37.7 Å². The van der Waals surface area contributed by atoms with Crippen molar-refractivity contribution in [1.82, 2.24) is 10.6 Å². The van der Waals surface area contributed by atoms with Crippen molar-refractivity contribution in [3.05, 3.63) is 0 Å². The first-order valence-corrected chi connectivity index (χ1v) is 23.1. The summed E-state index contributed by atoms with van der Waals surface area (Å²) in [6.07, 6.45) is -53.8. The molecule has 0 saturated carbocycles. The van der Waals surface area contributed by atoms with Crippen molar-refractivity contribution in [3.63, 3.8) is 0 Å². The molecule has 6 saturated heterocycles. The Bertz CT molecular complexity index is 1740. The molecule has 6 rings (SSSR count). The largest absolute Gasteiger partial charge is 0.394 e. The Kier molecular flexibility index (Phi) is 21.3. The van der Waals surface area contributed by atoms with Crippen LogP contribution in [0.15, 0.2) is 0 Å². The summed E-state index contributed by atoms with van der Waals surface area (Å²) >= 11 is 0. The number of aliphatic hydroxyl groups excluding tert-OH is 18. The Balaban J connectivity index is 1.21. The van der Waals surface area contributed by atoms with Gasteiger partial charge in [-0.1, -0.05) is 0 Å². The summed E-state index contributed by atoms with van der Waals surface area (Å²) in [7, 11) is 0. The van der Waals surface area contributed by atoms with Crippen LogP contribution >= 0.6 is 0 Å².